The van der Waals surface area contributed by atoms with E-state index in [9.17, 15) is 0 Å². The number of nitrogens with zero attached hydrogens (tertiary/aromatic N) is 4. The molecule has 2 heterocycles. The first kappa shape index (κ1) is 3.22. The molecule has 0 atom stereocenters. The maximum atomic E-state index is 7.51. The summed E-state index contributed by atoms with van der Waals surface area (Å²) >= 11 is 0. The van der Waals surface area contributed by atoms with Crippen LogP contribution in [-0.4, -0.2) is 19.5 Å². The van der Waals surface area contributed by atoms with Gasteiger partial charge in [0.1, 0.15) is 7.67 Å². The molecule has 0 unspecified atom stereocenters. The van der Waals surface area contributed by atoms with Crippen LogP contribution in [0.15, 0.2) is 31.0 Å². The number of imidazole rings is 1. The molecule has 2 aromatic heterocycles. The standard InChI is InChI=1S/C7H7N5/c8-6-3-10-7(11-4-6)12-2-1-9-5-12/h1-5H,8H2/i1D,2D,3D,4D,5D. The molecule has 0 aliphatic carbocycles. The summed E-state index contributed by atoms with van der Waals surface area (Å²) in [5, 5.41) is 0. The number of hydrogen-bond donors (Lipinski definition) is 1. The molecule has 0 saturated heterocycles. The fourth-order valence-corrected chi connectivity index (χ4v) is 0.640. The highest BCUT2D eigenvalue weighted by molar-refractivity contribution is 5.32. The van der Waals surface area contributed by atoms with Crippen molar-refractivity contribution in [2.75, 3.05) is 5.73 Å². The Balaban J connectivity index is 2.69. The quantitative estimate of drug-likeness (QED) is 0.659. The van der Waals surface area contributed by atoms with Gasteiger partial charge in [0.2, 0.25) is 5.95 Å². The van der Waals surface area contributed by atoms with Gasteiger partial charge in [0, 0.05) is 12.3 Å². The van der Waals surface area contributed by atoms with Gasteiger partial charge < -0.3 is 5.73 Å². The van der Waals surface area contributed by atoms with Crippen LogP contribution in [0.2, 0.25) is 0 Å². The summed E-state index contributed by atoms with van der Waals surface area (Å²) < 4.78 is 37.9. The maximum Gasteiger partial charge on any atom is 0.234 e. The van der Waals surface area contributed by atoms with Crippen molar-refractivity contribution in [2.45, 2.75) is 0 Å². The average Bonchev–Trinajstić information content (AvgIpc) is 2.49. The maximum absolute atomic E-state index is 7.51. The highest BCUT2D eigenvalue weighted by atomic mass is 15.2. The van der Waals surface area contributed by atoms with Crippen LogP contribution in [0.3, 0.4) is 0 Å². The molecule has 0 spiro atoms. The second-order valence-electron chi connectivity index (χ2n) is 1.93. The van der Waals surface area contributed by atoms with Crippen LogP contribution in [-0.2, 0) is 0 Å². The van der Waals surface area contributed by atoms with Crippen molar-refractivity contribution < 1.29 is 6.85 Å². The zero-order valence-corrected chi connectivity index (χ0v) is 5.87. The predicted molar refractivity (Wildman–Crippen MR) is 43.6 cm³/mol. The molecule has 2 rings (SSSR count). The minimum Gasteiger partial charge on any atom is -0.396 e. The molecule has 2 N–H and O–H groups in total. The van der Waals surface area contributed by atoms with Gasteiger partial charge >= 0.3 is 0 Å². The summed E-state index contributed by atoms with van der Waals surface area (Å²) in [6, 6.07) is 0. The van der Waals surface area contributed by atoms with E-state index in [4.69, 9.17) is 12.6 Å². The van der Waals surface area contributed by atoms with Gasteiger partial charge in [-0.05, 0) is 0 Å². The van der Waals surface area contributed by atoms with Gasteiger partial charge in [0.25, 0.3) is 0 Å². The average molecular weight is 166 g/mol. The highest BCUT2D eigenvalue weighted by Gasteiger charge is 1.96. The number of nitrogen functional groups attached to an aromatic ring is 1. The molecular formula is C7H7N5. The zero-order chi connectivity index (χ0) is 12.7. The summed E-state index contributed by atoms with van der Waals surface area (Å²) in [5.41, 5.74) is 5.17. The Morgan fingerprint density at radius 2 is 2.17 bits per heavy atom. The lowest BCUT2D eigenvalue weighted by Gasteiger charge is -1.97. The van der Waals surface area contributed by atoms with Gasteiger partial charge in [-0.1, -0.05) is 0 Å². The molecule has 60 valence electrons. The highest BCUT2D eigenvalue weighted by Crippen LogP contribution is 2.00. The molecule has 0 amide bonds. The SMILES string of the molecule is [2H]c1nc(-n2c([2H])nc([2H])c2[2H])nc([2H])c1N. The summed E-state index contributed by atoms with van der Waals surface area (Å²) in [5.74, 6) is -0.227. The zero-order valence-electron chi connectivity index (χ0n) is 10.9. The normalized spacial score (nSPS) is 15.8. The van der Waals surface area contributed by atoms with Crippen molar-refractivity contribution in [3.05, 3.63) is 31.0 Å². The number of anilines is 1. The van der Waals surface area contributed by atoms with E-state index in [1.165, 1.54) is 0 Å². The van der Waals surface area contributed by atoms with E-state index in [0.29, 0.717) is 0 Å². The fraction of sp³-hybridized carbons (Fsp3) is 0. The topological polar surface area (TPSA) is 69.6 Å². The van der Waals surface area contributed by atoms with Crippen LogP contribution in [0.1, 0.15) is 6.85 Å². The Morgan fingerprint density at radius 1 is 1.42 bits per heavy atom. The van der Waals surface area contributed by atoms with Crippen molar-refractivity contribution >= 4 is 5.69 Å². The Hall–Kier alpha value is -1.91. The molecule has 2 aromatic rings. The first-order valence-electron chi connectivity index (χ1n) is 5.55. The summed E-state index contributed by atoms with van der Waals surface area (Å²) in [4.78, 5) is 10.7. The van der Waals surface area contributed by atoms with Gasteiger partial charge in [-0.3, -0.25) is 4.57 Å². The number of aromatic nitrogens is 4. The largest absolute Gasteiger partial charge is 0.396 e. The summed E-state index contributed by atoms with van der Waals surface area (Å²) in [6.07, 6.45) is -1.89. The fourth-order valence-electron chi connectivity index (χ4n) is 0.640. The van der Waals surface area contributed by atoms with Crippen LogP contribution < -0.4 is 5.73 Å². The van der Waals surface area contributed by atoms with Gasteiger partial charge in [0.05, 0.1) is 23.5 Å². The van der Waals surface area contributed by atoms with E-state index in [-0.39, 0.29) is 30.2 Å². The van der Waals surface area contributed by atoms with E-state index in [1.807, 2.05) is 0 Å². The summed E-state index contributed by atoms with van der Waals surface area (Å²) in [7, 11) is 0. The molecule has 0 fully saturated rings. The van der Waals surface area contributed by atoms with Crippen LogP contribution in [0.4, 0.5) is 5.69 Å². The Morgan fingerprint density at radius 3 is 2.75 bits per heavy atom. The first-order valence-corrected chi connectivity index (χ1v) is 3.05. The minimum absolute atomic E-state index is 0.182. The van der Waals surface area contributed by atoms with Crippen molar-refractivity contribution in [3.63, 3.8) is 0 Å². The smallest absolute Gasteiger partial charge is 0.234 e. The van der Waals surface area contributed by atoms with Crippen LogP contribution in [0.5, 0.6) is 0 Å². The summed E-state index contributed by atoms with van der Waals surface area (Å²) in [6.45, 7) is 0. The molecule has 0 bridgehead atoms. The molecule has 0 aliphatic rings. The lowest BCUT2D eigenvalue weighted by Crippen LogP contribution is -1.98. The van der Waals surface area contributed by atoms with E-state index < -0.39 is 12.5 Å². The van der Waals surface area contributed by atoms with E-state index >= 15 is 0 Å². The van der Waals surface area contributed by atoms with Crippen LogP contribution in [0, 0.1) is 0 Å². The Labute approximate surface area is 75.9 Å². The molecule has 0 saturated carbocycles. The third kappa shape index (κ3) is 1.12. The molecule has 0 radical (unpaired) electrons. The monoisotopic (exact) mass is 166 g/mol. The number of hydrogen-bond acceptors (Lipinski definition) is 4. The number of rotatable bonds is 1. The van der Waals surface area contributed by atoms with Crippen molar-refractivity contribution in [1.82, 2.24) is 19.5 Å². The number of nitrogens with two attached hydrogens (primary N) is 1. The van der Waals surface area contributed by atoms with Gasteiger partial charge in [-0.25, -0.2) is 15.0 Å². The molecule has 5 nitrogen and oxygen atoms in total. The lowest BCUT2D eigenvalue weighted by atomic mass is 10.6. The lowest BCUT2D eigenvalue weighted by molar-refractivity contribution is 0.927. The molecule has 0 aromatic carbocycles. The van der Waals surface area contributed by atoms with Crippen LogP contribution in [0.25, 0.3) is 5.95 Å². The van der Waals surface area contributed by atoms with E-state index in [0.717, 1.165) is 4.57 Å². The van der Waals surface area contributed by atoms with Gasteiger partial charge in [-0.15, -0.1) is 0 Å². The predicted octanol–water partition coefficient (Wildman–Crippen LogP) is 0.244. The van der Waals surface area contributed by atoms with Crippen molar-refractivity contribution in [3.8, 4) is 5.95 Å². The Kier molecular flexibility index (Phi) is 0.701. The third-order valence-corrected chi connectivity index (χ3v) is 1.12. The minimum atomic E-state index is -0.399. The van der Waals surface area contributed by atoms with Gasteiger partial charge in [0.15, 0.2) is 0 Å². The molecule has 5 heteroatoms. The Bertz CT molecular complexity index is 572. The molecule has 0 aliphatic heterocycles. The van der Waals surface area contributed by atoms with E-state index in [1.54, 1.807) is 0 Å². The molecule has 12 heavy (non-hydrogen) atoms. The second-order valence-corrected chi connectivity index (χ2v) is 1.93. The molecular weight excluding hydrogens is 154 g/mol. The van der Waals surface area contributed by atoms with Crippen LogP contribution >= 0.6 is 0 Å². The van der Waals surface area contributed by atoms with E-state index in [2.05, 4.69) is 15.0 Å². The van der Waals surface area contributed by atoms with Crippen molar-refractivity contribution in [2.24, 2.45) is 0 Å². The second kappa shape index (κ2) is 2.61. The third-order valence-electron chi connectivity index (χ3n) is 1.12. The van der Waals surface area contributed by atoms with Gasteiger partial charge in [-0.2, -0.15) is 0 Å². The first-order chi connectivity index (χ1) is 7.91. The van der Waals surface area contributed by atoms with Crippen molar-refractivity contribution in [1.29, 1.82) is 0 Å².